The molecule has 104 valence electrons. The smallest absolute Gasteiger partial charge is 0.252 e. The summed E-state index contributed by atoms with van der Waals surface area (Å²) in [5.41, 5.74) is 0.328. The Hall–Kier alpha value is -1.26. The van der Waals surface area contributed by atoms with Crippen LogP contribution in [0.1, 0.15) is 23.2 Å². The molecule has 2 N–H and O–H groups in total. The van der Waals surface area contributed by atoms with Gasteiger partial charge in [0, 0.05) is 6.54 Å². The minimum atomic E-state index is -0.222. The number of hydrogen-bond acceptors (Lipinski definition) is 3. The molecule has 19 heavy (non-hydrogen) atoms. The standard InChI is InChI=1S/C14H19ClN2O2/c1-17-6-4-10(5-7-17)9-16-14(19)12-8-11(18)2-3-13(12)15/h2-3,8,10,18H,4-7,9H2,1H3,(H,16,19). The van der Waals surface area contributed by atoms with Gasteiger partial charge in [0.15, 0.2) is 0 Å². The number of likely N-dealkylation sites (tertiary alicyclic amines) is 1. The second-order valence-corrected chi connectivity index (χ2v) is 5.53. The minimum Gasteiger partial charge on any atom is -0.508 e. The number of benzene rings is 1. The van der Waals surface area contributed by atoms with Gasteiger partial charge in [0.05, 0.1) is 10.6 Å². The van der Waals surface area contributed by atoms with Crippen LogP contribution in [-0.4, -0.2) is 42.6 Å². The fourth-order valence-corrected chi connectivity index (χ4v) is 2.49. The SMILES string of the molecule is CN1CCC(CNC(=O)c2cc(O)ccc2Cl)CC1. The van der Waals surface area contributed by atoms with E-state index in [-0.39, 0.29) is 11.7 Å². The van der Waals surface area contributed by atoms with Crippen LogP contribution in [0.3, 0.4) is 0 Å². The first kappa shape index (κ1) is 14.2. The number of phenols is 1. The molecule has 1 aromatic carbocycles. The van der Waals surface area contributed by atoms with Gasteiger partial charge in [-0.05, 0) is 57.1 Å². The summed E-state index contributed by atoms with van der Waals surface area (Å²) >= 11 is 5.95. The van der Waals surface area contributed by atoms with Crippen LogP contribution in [0.2, 0.25) is 5.02 Å². The lowest BCUT2D eigenvalue weighted by Crippen LogP contribution is -2.36. The van der Waals surface area contributed by atoms with Crippen molar-refractivity contribution < 1.29 is 9.90 Å². The van der Waals surface area contributed by atoms with Crippen molar-refractivity contribution in [3.05, 3.63) is 28.8 Å². The van der Waals surface area contributed by atoms with E-state index in [1.165, 1.54) is 18.2 Å². The van der Waals surface area contributed by atoms with Gasteiger partial charge >= 0.3 is 0 Å². The highest BCUT2D eigenvalue weighted by atomic mass is 35.5. The van der Waals surface area contributed by atoms with Gasteiger partial charge in [-0.15, -0.1) is 0 Å². The summed E-state index contributed by atoms with van der Waals surface area (Å²) in [7, 11) is 2.11. The highest BCUT2D eigenvalue weighted by Crippen LogP contribution is 2.21. The number of piperidine rings is 1. The molecule has 0 bridgehead atoms. The number of rotatable bonds is 3. The summed E-state index contributed by atoms with van der Waals surface area (Å²) in [4.78, 5) is 14.3. The van der Waals surface area contributed by atoms with E-state index < -0.39 is 0 Å². The molecule has 0 radical (unpaired) electrons. The van der Waals surface area contributed by atoms with Gasteiger partial charge in [0.25, 0.3) is 5.91 Å². The van der Waals surface area contributed by atoms with Crippen molar-refractivity contribution in [2.75, 3.05) is 26.7 Å². The van der Waals surface area contributed by atoms with Crippen LogP contribution >= 0.6 is 11.6 Å². The highest BCUT2D eigenvalue weighted by Gasteiger charge is 2.18. The molecule has 2 rings (SSSR count). The van der Waals surface area contributed by atoms with E-state index in [0.29, 0.717) is 23.0 Å². The summed E-state index contributed by atoms with van der Waals surface area (Å²) < 4.78 is 0. The lowest BCUT2D eigenvalue weighted by atomic mass is 9.97. The molecule has 0 saturated carbocycles. The average molecular weight is 283 g/mol. The first-order valence-corrected chi connectivity index (χ1v) is 6.89. The predicted octanol–water partition coefficient (Wildman–Crippen LogP) is 2.12. The number of phenolic OH excluding ortho intramolecular Hbond substituents is 1. The number of amides is 1. The van der Waals surface area contributed by atoms with E-state index in [2.05, 4.69) is 17.3 Å². The van der Waals surface area contributed by atoms with Crippen molar-refractivity contribution in [3.8, 4) is 5.75 Å². The summed E-state index contributed by atoms with van der Waals surface area (Å²) in [6.07, 6.45) is 2.20. The maximum atomic E-state index is 12.0. The first-order chi connectivity index (χ1) is 9.06. The van der Waals surface area contributed by atoms with Gasteiger partial charge in [0.2, 0.25) is 0 Å². The quantitative estimate of drug-likeness (QED) is 0.893. The van der Waals surface area contributed by atoms with Gasteiger partial charge in [0.1, 0.15) is 5.75 Å². The lowest BCUT2D eigenvalue weighted by Gasteiger charge is -2.28. The third-order valence-corrected chi connectivity index (χ3v) is 3.91. The minimum absolute atomic E-state index is 0.0499. The van der Waals surface area contributed by atoms with E-state index in [9.17, 15) is 9.90 Å². The zero-order valence-electron chi connectivity index (χ0n) is 11.0. The summed E-state index contributed by atoms with van der Waals surface area (Å²) in [6.45, 7) is 2.82. The molecule has 0 unspecified atom stereocenters. The van der Waals surface area contributed by atoms with Gasteiger partial charge in [-0.3, -0.25) is 4.79 Å². The second-order valence-electron chi connectivity index (χ2n) is 5.12. The van der Waals surface area contributed by atoms with Crippen LogP contribution in [0.5, 0.6) is 5.75 Å². The Balaban J connectivity index is 1.89. The molecule has 1 amide bonds. The molecule has 0 atom stereocenters. The van der Waals surface area contributed by atoms with Gasteiger partial charge in [-0.2, -0.15) is 0 Å². The third-order valence-electron chi connectivity index (χ3n) is 3.58. The van der Waals surface area contributed by atoms with E-state index in [1.807, 2.05) is 0 Å². The van der Waals surface area contributed by atoms with E-state index in [4.69, 9.17) is 11.6 Å². The summed E-state index contributed by atoms with van der Waals surface area (Å²) in [6, 6.07) is 4.39. The zero-order chi connectivity index (χ0) is 13.8. The van der Waals surface area contributed by atoms with E-state index in [0.717, 1.165) is 25.9 Å². The van der Waals surface area contributed by atoms with Crippen molar-refractivity contribution in [2.24, 2.45) is 5.92 Å². The Labute approximate surface area is 118 Å². The zero-order valence-corrected chi connectivity index (χ0v) is 11.8. The number of carbonyl (C=O) groups excluding carboxylic acids is 1. The van der Waals surface area contributed by atoms with Crippen molar-refractivity contribution in [3.63, 3.8) is 0 Å². The van der Waals surface area contributed by atoms with Crippen LogP contribution in [0.15, 0.2) is 18.2 Å². The molecular formula is C14H19ClN2O2. The number of nitrogens with zero attached hydrogens (tertiary/aromatic N) is 1. The van der Waals surface area contributed by atoms with E-state index >= 15 is 0 Å². The molecule has 1 saturated heterocycles. The second kappa shape index (κ2) is 6.26. The lowest BCUT2D eigenvalue weighted by molar-refractivity contribution is 0.0939. The summed E-state index contributed by atoms with van der Waals surface area (Å²) in [5.74, 6) is 0.352. The highest BCUT2D eigenvalue weighted by molar-refractivity contribution is 6.33. The maximum absolute atomic E-state index is 12.0. The topological polar surface area (TPSA) is 52.6 Å². The molecule has 0 spiro atoms. The molecule has 1 aliphatic rings. The molecule has 4 nitrogen and oxygen atoms in total. The molecular weight excluding hydrogens is 264 g/mol. The third kappa shape index (κ3) is 3.85. The number of halogens is 1. The number of aromatic hydroxyl groups is 1. The van der Waals surface area contributed by atoms with Crippen molar-refractivity contribution >= 4 is 17.5 Å². The van der Waals surface area contributed by atoms with Crippen molar-refractivity contribution in [1.29, 1.82) is 0 Å². The Kier molecular flexibility index (Phi) is 4.66. The molecule has 1 heterocycles. The number of nitrogens with one attached hydrogen (secondary N) is 1. The van der Waals surface area contributed by atoms with Gasteiger partial charge < -0.3 is 15.3 Å². The molecule has 0 aromatic heterocycles. The fraction of sp³-hybridized carbons (Fsp3) is 0.500. The van der Waals surface area contributed by atoms with Crippen LogP contribution in [0.4, 0.5) is 0 Å². The number of carbonyl (C=O) groups is 1. The molecule has 1 fully saturated rings. The van der Waals surface area contributed by atoms with Gasteiger partial charge in [-0.25, -0.2) is 0 Å². The Bertz CT molecular complexity index is 457. The van der Waals surface area contributed by atoms with Crippen LogP contribution in [0, 0.1) is 5.92 Å². The fourth-order valence-electron chi connectivity index (χ4n) is 2.29. The van der Waals surface area contributed by atoms with Crippen LogP contribution in [0.25, 0.3) is 0 Å². The van der Waals surface area contributed by atoms with Gasteiger partial charge in [-0.1, -0.05) is 11.6 Å². The molecule has 1 aromatic rings. The average Bonchev–Trinajstić information content (AvgIpc) is 2.40. The van der Waals surface area contributed by atoms with Crippen molar-refractivity contribution in [1.82, 2.24) is 10.2 Å². The van der Waals surface area contributed by atoms with Crippen LogP contribution < -0.4 is 5.32 Å². The Morgan fingerprint density at radius 1 is 1.47 bits per heavy atom. The van der Waals surface area contributed by atoms with E-state index in [1.54, 1.807) is 0 Å². The van der Waals surface area contributed by atoms with Crippen molar-refractivity contribution in [2.45, 2.75) is 12.8 Å². The molecule has 1 aliphatic heterocycles. The predicted molar refractivity (Wildman–Crippen MR) is 75.7 cm³/mol. The summed E-state index contributed by atoms with van der Waals surface area (Å²) in [5, 5.41) is 12.6. The Morgan fingerprint density at radius 3 is 2.84 bits per heavy atom. The largest absolute Gasteiger partial charge is 0.508 e. The van der Waals surface area contributed by atoms with Crippen LogP contribution in [-0.2, 0) is 0 Å². The maximum Gasteiger partial charge on any atom is 0.252 e. The molecule has 0 aliphatic carbocycles. The first-order valence-electron chi connectivity index (χ1n) is 6.51. The monoisotopic (exact) mass is 282 g/mol. The normalized spacial score (nSPS) is 17.4. The number of hydrogen-bond donors (Lipinski definition) is 2. The Morgan fingerprint density at radius 2 is 2.16 bits per heavy atom. The molecule has 5 heteroatoms.